The number of carbonyl (C=O) groups is 2. The van der Waals surface area contributed by atoms with Crippen LogP contribution in [-0.4, -0.2) is 60.7 Å². The van der Waals surface area contributed by atoms with E-state index in [0.29, 0.717) is 84.9 Å². The Morgan fingerprint density at radius 3 is 2.25 bits per heavy atom. The van der Waals surface area contributed by atoms with Gasteiger partial charge < -0.3 is 26.6 Å². The number of hydrogen-bond donors (Lipinski definition) is 6. The Kier molecular flexibility index (Phi) is 17.3. The van der Waals surface area contributed by atoms with Gasteiger partial charge in [0.15, 0.2) is 29.6 Å². The zero-order valence-corrected chi connectivity index (χ0v) is 32.6. The number of amides is 1. The standard InChI is InChI=1S/C32H32F4N8O2S.C7H6O4S/c33-23-17-24(34)30(36)31(29(23)35)47-19-22-8-10-26(46-16-13-20-5-2-1-3-6-20)25(42-22)9-12-27(43-37)39-14-4-15-40-32(45)21-7-11-28(44-38)41-18-21;8-5-6-3-1-2-4-7(6)12(9,10)11/h1-3,5-12,17-18H,4,13-16,19,37-38H2,(H,39,43)(H,40,45)(H,41,44);1-5H,(H,9,10,11)/b12-9+;. The smallest absolute Gasteiger partial charge is 0.295 e. The van der Waals surface area contributed by atoms with Gasteiger partial charge in [-0.1, -0.05) is 48.5 Å². The molecule has 0 saturated heterocycles. The molecule has 14 nitrogen and oxygen atoms in total. The van der Waals surface area contributed by atoms with E-state index in [4.69, 9.17) is 21.0 Å². The van der Waals surface area contributed by atoms with E-state index in [1.807, 2.05) is 30.3 Å². The van der Waals surface area contributed by atoms with Crippen LogP contribution in [0.1, 0.15) is 44.1 Å². The minimum Gasteiger partial charge on any atom is -0.491 e. The lowest BCUT2D eigenvalue weighted by molar-refractivity contribution is 0.0952. The van der Waals surface area contributed by atoms with Crippen molar-refractivity contribution in [1.82, 2.24) is 20.6 Å². The normalized spacial score (nSPS) is 11.4. The molecule has 0 aliphatic heterocycles. The number of hydrazine groups is 1. The fourth-order valence-electron chi connectivity index (χ4n) is 4.91. The predicted molar refractivity (Wildman–Crippen MR) is 215 cm³/mol. The number of carbonyl (C=O) groups excluding carboxylic acids is 2. The van der Waals surface area contributed by atoms with Gasteiger partial charge in [-0.15, -0.1) is 11.8 Å². The average molecular weight is 855 g/mol. The highest BCUT2D eigenvalue weighted by atomic mass is 32.2. The minimum atomic E-state index is -4.28. The van der Waals surface area contributed by atoms with Crippen LogP contribution >= 0.6 is 11.8 Å². The van der Waals surface area contributed by atoms with E-state index < -0.39 is 38.3 Å². The Bertz CT molecular complexity index is 2350. The largest absolute Gasteiger partial charge is 0.491 e. The molecule has 20 heteroatoms. The van der Waals surface area contributed by atoms with Gasteiger partial charge in [-0.2, -0.15) is 13.5 Å². The summed E-state index contributed by atoms with van der Waals surface area (Å²) in [5.74, 6) is 5.73. The molecular weight excluding hydrogens is 817 g/mol. The summed E-state index contributed by atoms with van der Waals surface area (Å²) in [5, 5.41) is 9.60. The van der Waals surface area contributed by atoms with Crippen molar-refractivity contribution in [3.8, 4) is 5.75 Å². The third kappa shape index (κ3) is 13.9. The van der Waals surface area contributed by atoms with Crippen molar-refractivity contribution in [2.75, 3.05) is 25.1 Å². The van der Waals surface area contributed by atoms with Gasteiger partial charge in [0, 0.05) is 43.1 Å². The molecule has 3 aromatic carbocycles. The Balaban J connectivity index is 0.000000548. The first kappa shape index (κ1) is 45.4. The Labute approximate surface area is 340 Å². The first-order valence-corrected chi connectivity index (χ1v) is 19.8. The number of anilines is 1. The van der Waals surface area contributed by atoms with E-state index in [-0.39, 0.29) is 28.2 Å². The first-order valence-electron chi connectivity index (χ1n) is 17.4. The monoisotopic (exact) mass is 854 g/mol. The van der Waals surface area contributed by atoms with Gasteiger partial charge in [0.25, 0.3) is 16.0 Å². The van der Waals surface area contributed by atoms with Crippen molar-refractivity contribution in [2.24, 2.45) is 16.8 Å². The predicted octanol–water partition coefficient (Wildman–Crippen LogP) is 5.67. The number of aldehydes is 1. The summed E-state index contributed by atoms with van der Waals surface area (Å²) < 4.78 is 91.6. The van der Waals surface area contributed by atoms with E-state index in [9.17, 15) is 35.6 Å². The number of nitrogens with zero attached hydrogens (tertiary/aromatic N) is 3. The third-order valence-electron chi connectivity index (χ3n) is 7.85. The molecule has 0 aliphatic carbocycles. The molecule has 0 atom stereocenters. The first-order chi connectivity index (χ1) is 28.3. The second kappa shape index (κ2) is 22.6. The molecule has 8 N–H and O–H groups in total. The average Bonchev–Trinajstić information content (AvgIpc) is 3.24. The number of thioether (sulfide) groups is 1. The SMILES string of the molecule is NN=C(/C=C/c1nc(CSc2c(F)c(F)cc(F)c2F)ccc1OCCc1ccccc1)NCCCNC(=O)c1ccc(NN)nc1.O=Cc1ccccc1S(=O)(=O)O. The lowest BCUT2D eigenvalue weighted by Gasteiger charge is -2.12. The van der Waals surface area contributed by atoms with E-state index in [1.54, 1.807) is 36.4 Å². The van der Waals surface area contributed by atoms with Gasteiger partial charge in [0.05, 0.1) is 22.8 Å². The number of benzene rings is 3. The number of hydrogen-bond acceptors (Lipinski definition) is 12. The molecule has 0 radical (unpaired) electrons. The van der Waals surface area contributed by atoms with E-state index in [0.717, 1.165) is 5.56 Å². The van der Waals surface area contributed by atoms with Crippen LogP contribution in [0, 0.1) is 23.3 Å². The van der Waals surface area contributed by atoms with Crippen molar-refractivity contribution in [3.63, 3.8) is 0 Å². The lowest BCUT2D eigenvalue weighted by Crippen LogP contribution is -2.29. The number of nitrogens with one attached hydrogen (secondary N) is 3. The van der Waals surface area contributed by atoms with Crippen LogP contribution < -0.4 is 32.5 Å². The molecule has 310 valence electrons. The summed E-state index contributed by atoms with van der Waals surface area (Å²) in [6.45, 7) is 1.12. The number of aromatic nitrogens is 2. The van der Waals surface area contributed by atoms with E-state index in [2.05, 4.69) is 31.1 Å². The van der Waals surface area contributed by atoms with Crippen molar-refractivity contribution in [1.29, 1.82) is 0 Å². The molecule has 0 aliphatic rings. The van der Waals surface area contributed by atoms with Gasteiger partial charge in [-0.3, -0.25) is 14.1 Å². The quantitative estimate of drug-likeness (QED) is 0.00635. The number of nitrogens with two attached hydrogens (primary N) is 2. The molecule has 1 amide bonds. The summed E-state index contributed by atoms with van der Waals surface area (Å²) in [6, 6.07) is 21.7. The highest BCUT2D eigenvalue weighted by Gasteiger charge is 2.20. The van der Waals surface area contributed by atoms with Crippen LogP contribution in [0.25, 0.3) is 6.08 Å². The zero-order chi connectivity index (χ0) is 42.8. The number of pyridine rings is 2. The molecule has 0 saturated carbocycles. The Morgan fingerprint density at radius 1 is 0.932 bits per heavy atom. The number of ether oxygens (including phenoxy) is 1. The summed E-state index contributed by atoms with van der Waals surface area (Å²) >= 11 is 0.577. The minimum absolute atomic E-state index is 0.0417. The topological polar surface area (TPSA) is 224 Å². The van der Waals surface area contributed by atoms with Crippen LogP contribution in [0.5, 0.6) is 5.75 Å². The maximum absolute atomic E-state index is 14.2. The number of nitrogen functional groups attached to an aromatic ring is 1. The molecule has 0 bridgehead atoms. The number of rotatable bonds is 17. The van der Waals surface area contributed by atoms with Crippen molar-refractivity contribution in [2.45, 2.75) is 28.4 Å². The molecule has 2 aromatic heterocycles. The second-order valence-electron chi connectivity index (χ2n) is 11.9. The van der Waals surface area contributed by atoms with Crippen LogP contribution in [-0.2, 0) is 22.3 Å². The maximum atomic E-state index is 14.2. The van der Waals surface area contributed by atoms with Gasteiger partial charge in [-0.05, 0) is 54.5 Å². The van der Waals surface area contributed by atoms with Gasteiger partial charge in [0.2, 0.25) is 0 Å². The molecule has 59 heavy (non-hydrogen) atoms. The van der Waals surface area contributed by atoms with Crippen LogP contribution in [0.3, 0.4) is 0 Å². The molecular formula is C39H38F4N8O6S2. The molecule has 5 aromatic rings. The third-order valence-corrected chi connectivity index (χ3v) is 9.87. The molecule has 0 fully saturated rings. The highest BCUT2D eigenvalue weighted by molar-refractivity contribution is 7.98. The fourth-order valence-corrected chi connectivity index (χ4v) is 6.48. The Hall–Kier alpha value is -6.35. The summed E-state index contributed by atoms with van der Waals surface area (Å²) in [7, 11) is -4.28. The highest BCUT2D eigenvalue weighted by Crippen LogP contribution is 2.31. The number of hydrazone groups is 1. The van der Waals surface area contributed by atoms with E-state index >= 15 is 0 Å². The molecule has 0 spiro atoms. The second-order valence-corrected chi connectivity index (χ2v) is 14.3. The summed E-state index contributed by atoms with van der Waals surface area (Å²) in [4.78, 5) is 30.0. The van der Waals surface area contributed by atoms with Gasteiger partial charge >= 0.3 is 0 Å². The van der Waals surface area contributed by atoms with Gasteiger partial charge in [-0.25, -0.2) is 33.4 Å². The van der Waals surface area contributed by atoms with Crippen LogP contribution in [0.4, 0.5) is 23.4 Å². The summed E-state index contributed by atoms with van der Waals surface area (Å²) in [5.41, 5.74) is 4.55. The lowest BCUT2D eigenvalue weighted by atomic mass is 10.2. The Morgan fingerprint density at radius 2 is 1.63 bits per heavy atom. The van der Waals surface area contributed by atoms with Crippen molar-refractivity contribution in [3.05, 3.63) is 149 Å². The molecule has 5 rings (SSSR count). The molecule has 2 heterocycles. The van der Waals surface area contributed by atoms with Crippen LogP contribution in [0.15, 0.2) is 112 Å². The molecule has 0 unspecified atom stereocenters. The summed E-state index contributed by atoms with van der Waals surface area (Å²) in [6.07, 6.45) is 6.13. The maximum Gasteiger partial charge on any atom is 0.295 e. The van der Waals surface area contributed by atoms with Gasteiger partial charge in [0.1, 0.15) is 28.0 Å². The van der Waals surface area contributed by atoms with Crippen molar-refractivity contribution >= 4 is 51.8 Å². The zero-order valence-electron chi connectivity index (χ0n) is 30.9. The van der Waals surface area contributed by atoms with Crippen LogP contribution in [0.2, 0.25) is 0 Å². The number of amidine groups is 1. The number of halogens is 4. The van der Waals surface area contributed by atoms with E-state index in [1.165, 1.54) is 30.5 Å². The fraction of sp³-hybridized carbons (Fsp3) is 0.154. The van der Waals surface area contributed by atoms with Crippen molar-refractivity contribution < 1.29 is 44.9 Å².